The zero-order valence-corrected chi connectivity index (χ0v) is 15.7. The Balaban J connectivity index is 1.76. The predicted molar refractivity (Wildman–Crippen MR) is 104 cm³/mol. The Kier molecular flexibility index (Phi) is 5.98. The number of hydrogen-bond donors (Lipinski definition) is 2. The van der Waals surface area contributed by atoms with Crippen molar-refractivity contribution in [1.29, 1.82) is 0 Å². The fourth-order valence-corrected chi connectivity index (χ4v) is 4.53. The number of hydrogen-bond acceptors (Lipinski definition) is 4. The molecule has 0 spiro atoms. The van der Waals surface area contributed by atoms with Crippen LogP contribution in [0.15, 0.2) is 36.4 Å². The lowest BCUT2D eigenvalue weighted by Gasteiger charge is -2.29. The molecule has 2 aromatic rings. The van der Waals surface area contributed by atoms with E-state index in [9.17, 15) is 9.59 Å². The smallest absolute Gasteiger partial charge is 0.272 e. The highest BCUT2D eigenvalue weighted by molar-refractivity contribution is 7.99. The van der Waals surface area contributed by atoms with Crippen LogP contribution in [0.3, 0.4) is 0 Å². The number of carbonyl (C=O) groups excluding carboxylic acids is 2. The Hall–Kier alpha value is -2.28. The normalized spacial score (nSPS) is 19.9. The molecule has 1 aromatic heterocycles. The van der Waals surface area contributed by atoms with Gasteiger partial charge in [-0.1, -0.05) is 31.5 Å². The van der Waals surface area contributed by atoms with Crippen molar-refractivity contribution < 1.29 is 9.59 Å². The number of nitrogens with one attached hydrogen (secondary N) is 1. The molecule has 3 N–H and O–H groups in total. The second-order valence-electron chi connectivity index (χ2n) is 6.44. The molecule has 26 heavy (non-hydrogen) atoms. The largest absolute Gasteiger partial charge is 0.364 e. The van der Waals surface area contributed by atoms with Gasteiger partial charge in [0.05, 0.1) is 5.69 Å². The van der Waals surface area contributed by atoms with Crippen molar-refractivity contribution in [3.63, 3.8) is 0 Å². The van der Waals surface area contributed by atoms with Gasteiger partial charge in [-0.3, -0.25) is 9.59 Å². The number of primary amides is 1. The van der Waals surface area contributed by atoms with Gasteiger partial charge in [0.2, 0.25) is 0 Å². The van der Waals surface area contributed by atoms with Crippen LogP contribution in [-0.2, 0) is 0 Å². The number of benzene rings is 1. The van der Waals surface area contributed by atoms with Crippen molar-refractivity contribution in [2.24, 2.45) is 5.73 Å². The monoisotopic (exact) mass is 372 g/mol. The summed E-state index contributed by atoms with van der Waals surface area (Å²) in [6.07, 6.45) is 4.29. The molecule has 1 heterocycles. The van der Waals surface area contributed by atoms with Crippen LogP contribution in [0.2, 0.25) is 0 Å². The Morgan fingerprint density at radius 1 is 1.31 bits per heavy atom. The molecule has 138 valence electrons. The highest BCUT2D eigenvalue weighted by atomic mass is 32.2. The summed E-state index contributed by atoms with van der Waals surface area (Å²) in [6, 6.07) is 10.8. The lowest BCUT2D eigenvalue weighted by Crippen LogP contribution is -2.39. The van der Waals surface area contributed by atoms with Crippen LogP contribution in [0.4, 0.5) is 0 Å². The molecule has 1 aliphatic carbocycles. The number of para-hydroxylation sites is 1. The van der Waals surface area contributed by atoms with E-state index in [0.717, 1.165) is 25.0 Å². The summed E-state index contributed by atoms with van der Waals surface area (Å²) in [6.45, 7) is 2.16. The Morgan fingerprint density at radius 3 is 2.77 bits per heavy atom. The molecule has 0 bridgehead atoms. The molecule has 0 saturated heterocycles. The van der Waals surface area contributed by atoms with E-state index in [1.807, 2.05) is 42.1 Å². The fraction of sp³-hybridized carbons (Fsp3) is 0.421. The summed E-state index contributed by atoms with van der Waals surface area (Å²) >= 11 is 1.95. The number of amides is 2. The van der Waals surface area contributed by atoms with E-state index < -0.39 is 5.91 Å². The molecule has 7 heteroatoms. The average molecular weight is 372 g/mol. The van der Waals surface area contributed by atoms with Crippen LogP contribution in [0.1, 0.15) is 53.6 Å². The third-order valence-electron chi connectivity index (χ3n) is 4.56. The van der Waals surface area contributed by atoms with Crippen molar-refractivity contribution in [1.82, 2.24) is 15.1 Å². The van der Waals surface area contributed by atoms with E-state index in [1.165, 1.54) is 17.2 Å². The number of aromatic nitrogens is 2. The number of nitrogens with zero attached hydrogens (tertiary/aromatic N) is 2. The van der Waals surface area contributed by atoms with Gasteiger partial charge in [0.25, 0.3) is 11.8 Å². The first-order chi connectivity index (χ1) is 12.6. The van der Waals surface area contributed by atoms with E-state index >= 15 is 0 Å². The van der Waals surface area contributed by atoms with Crippen molar-refractivity contribution in [3.05, 3.63) is 47.8 Å². The summed E-state index contributed by atoms with van der Waals surface area (Å²) in [5.74, 6) is 0.223. The van der Waals surface area contributed by atoms with Crippen LogP contribution in [0.5, 0.6) is 0 Å². The molecule has 1 aromatic carbocycles. The van der Waals surface area contributed by atoms with Gasteiger partial charge in [0.1, 0.15) is 5.69 Å². The van der Waals surface area contributed by atoms with Gasteiger partial charge in [0.15, 0.2) is 5.69 Å². The second-order valence-corrected chi connectivity index (χ2v) is 8.02. The lowest BCUT2D eigenvalue weighted by atomic mass is 9.95. The summed E-state index contributed by atoms with van der Waals surface area (Å²) < 4.78 is 1.42. The van der Waals surface area contributed by atoms with Crippen molar-refractivity contribution in [2.75, 3.05) is 5.75 Å². The first kappa shape index (κ1) is 18.5. The Bertz CT molecular complexity index is 773. The number of nitrogens with two attached hydrogens (primary N) is 1. The summed E-state index contributed by atoms with van der Waals surface area (Å²) in [5, 5.41) is 7.99. The molecule has 1 aliphatic rings. The zero-order chi connectivity index (χ0) is 18.5. The van der Waals surface area contributed by atoms with Gasteiger partial charge in [-0.05, 0) is 37.1 Å². The van der Waals surface area contributed by atoms with Crippen LogP contribution in [0, 0.1) is 0 Å². The van der Waals surface area contributed by atoms with Gasteiger partial charge in [-0.15, -0.1) is 0 Å². The van der Waals surface area contributed by atoms with Crippen LogP contribution < -0.4 is 11.1 Å². The molecule has 3 rings (SSSR count). The van der Waals surface area contributed by atoms with Gasteiger partial charge in [0, 0.05) is 17.4 Å². The summed E-state index contributed by atoms with van der Waals surface area (Å²) in [7, 11) is 0. The third-order valence-corrected chi connectivity index (χ3v) is 5.79. The van der Waals surface area contributed by atoms with Crippen molar-refractivity contribution >= 4 is 23.6 Å². The van der Waals surface area contributed by atoms with Crippen LogP contribution in [0.25, 0.3) is 5.69 Å². The Labute approximate surface area is 157 Å². The average Bonchev–Trinajstić information content (AvgIpc) is 3.09. The SMILES string of the molecule is CCSC1CCCC(NC(=O)c2cc(C(N)=O)n(-c3ccccc3)n2)C1. The summed E-state index contributed by atoms with van der Waals surface area (Å²) in [5.41, 5.74) is 6.57. The van der Waals surface area contributed by atoms with Crippen LogP contribution >= 0.6 is 11.8 Å². The van der Waals surface area contributed by atoms with Crippen LogP contribution in [-0.4, -0.2) is 38.6 Å². The van der Waals surface area contributed by atoms with E-state index in [0.29, 0.717) is 10.9 Å². The standard InChI is InChI=1S/C19H24N4O2S/c1-2-26-15-10-6-7-13(11-15)21-19(25)16-12-17(18(20)24)23(22-16)14-8-4-3-5-9-14/h3-5,8-9,12-13,15H,2,6-7,10-11H2,1H3,(H2,20,24)(H,21,25). The number of rotatable bonds is 6. The molecular formula is C19H24N4O2S. The number of thioether (sulfide) groups is 1. The molecule has 0 aliphatic heterocycles. The van der Waals surface area contributed by atoms with E-state index in [1.54, 1.807) is 0 Å². The minimum absolute atomic E-state index is 0.152. The molecule has 2 unspecified atom stereocenters. The topological polar surface area (TPSA) is 90.0 Å². The molecule has 1 fully saturated rings. The maximum atomic E-state index is 12.7. The molecular weight excluding hydrogens is 348 g/mol. The highest BCUT2D eigenvalue weighted by Gasteiger charge is 2.25. The van der Waals surface area contributed by atoms with E-state index in [2.05, 4.69) is 17.3 Å². The van der Waals surface area contributed by atoms with E-state index in [-0.39, 0.29) is 23.3 Å². The molecule has 1 saturated carbocycles. The Morgan fingerprint density at radius 2 is 2.08 bits per heavy atom. The van der Waals surface area contributed by atoms with Gasteiger partial charge >= 0.3 is 0 Å². The van der Waals surface area contributed by atoms with Crippen molar-refractivity contribution in [3.8, 4) is 5.69 Å². The lowest BCUT2D eigenvalue weighted by molar-refractivity contribution is 0.0922. The zero-order valence-electron chi connectivity index (χ0n) is 14.9. The highest BCUT2D eigenvalue weighted by Crippen LogP contribution is 2.28. The maximum absolute atomic E-state index is 12.7. The minimum atomic E-state index is -0.613. The molecule has 6 nitrogen and oxygen atoms in total. The molecule has 2 amide bonds. The van der Waals surface area contributed by atoms with Gasteiger partial charge in [-0.2, -0.15) is 16.9 Å². The van der Waals surface area contributed by atoms with E-state index in [4.69, 9.17) is 5.73 Å². The second kappa shape index (κ2) is 8.40. The predicted octanol–water partition coefficient (Wildman–Crippen LogP) is 2.77. The first-order valence-electron chi connectivity index (χ1n) is 8.96. The molecule has 0 radical (unpaired) electrons. The molecule has 2 atom stereocenters. The van der Waals surface area contributed by atoms with Gasteiger partial charge < -0.3 is 11.1 Å². The third kappa shape index (κ3) is 4.27. The van der Waals surface area contributed by atoms with Gasteiger partial charge in [-0.25, -0.2) is 4.68 Å². The summed E-state index contributed by atoms with van der Waals surface area (Å²) in [4.78, 5) is 24.4. The maximum Gasteiger partial charge on any atom is 0.272 e. The minimum Gasteiger partial charge on any atom is -0.364 e. The first-order valence-corrected chi connectivity index (χ1v) is 10.0. The fourth-order valence-electron chi connectivity index (χ4n) is 3.36. The van der Waals surface area contributed by atoms with Crippen molar-refractivity contribution in [2.45, 2.75) is 43.9 Å². The number of carbonyl (C=O) groups is 2. The quantitative estimate of drug-likeness (QED) is 0.816.